The molecule has 1 aromatic carbocycles. The van der Waals surface area contributed by atoms with Crippen LogP contribution in [-0.4, -0.2) is 41.9 Å². The molecule has 1 aromatic heterocycles. The van der Waals surface area contributed by atoms with Crippen molar-refractivity contribution in [2.75, 3.05) is 13.1 Å². The van der Waals surface area contributed by atoms with Gasteiger partial charge in [-0.05, 0) is 44.4 Å². The van der Waals surface area contributed by atoms with Crippen LogP contribution in [0.2, 0.25) is 0 Å². The third-order valence-corrected chi connectivity index (χ3v) is 5.14. The van der Waals surface area contributed by atoms with E-state index in [0.29, 0.717) is 31.7 Å². The molecule has 1 N–H and O–H groups in total. The SMILES string of the molecule is CC(C)OC(=O)CC(NC(=O)C1CCN(C(=O)c2ccco2)CC1)c1ccccc1. The Labute approximate surface area is 176 Å². The summed E-state index contributed by atoms with van der Waals surface area (Å²) >= 11 is 0. The third kappa shape index (κ3) is 5.72. The number of esters is 1. The van der Waals surface area contributed by atoms with E-state index in [4.69, 9.17) is 9.15 Å². The molecule has 2 amide bonds. The topological polar surface area (TPSA) is 88.9 Å². The van der Waals surface area contributed by atoms with Gasteiger partial charge < -0.3 is 19.4 Å². The van der Waals surface area contributed by atoms with Gasteiger partial charge in [0.2, 0.25) is 5.91 Å². The summed E-state index contributed by atoms with van der Waals surface area (Å²) in [7, 11) is 0. The molecular weight excluding hydrogens is 384 g/mol. The first kappa shape index (κ1) is 21.6. The van der Waals surface area contributed by atoms with Gasteiger partial charge in [-0.3, -0.25) is 14.4 Å². The number of amides is 2. The lowest BCUT2D eigenvalue weighted by Gasteiger charge is -2.31. The van der Waals surface area contributed by atoms with Gasteiger partial charge in [-0.25, -0.2) is 0 Å². The van der Waals surface area contributed by atoms with Crippen molar-refractivity contribution in [2.45, 2.75) is 45.3 Å². The van der Waals surface area contributed by atoms with E-state index in [1.807, 2.05) is 30.3 Å². The number of carbonyl (C=O) groups excluding carboxylic acids is 3. The average Bonchev–Trinajstić information content (AvgIpc) is 3.28. The Morgan fingerprint density at radius 2 is 1.80 bits per heavy atom. The molecule has 1 aliphatic heterocycles. The summed E-state index contributed by atoms with van der Waals surface area (Å²) in [5, 5.41) is 3.02. The predicted molar refractivity (Wildman–Crippen MR) is 111 cm³/mol. The van der Waals surface area contributed by atoms with Gasteiger partial charge in [-0.15, -0.1) is 0 Å². The summed E-state index contributed by atoms with van der Waals surface area (Å²) < 4.78 is 10.4. The van der Waals surface area contributed by atoms with E-state index in [0.717, 1.165) is 5.56 Å². The number of likely N-dealkylation sites (tertiary alicyclic amines) is 1. The Balaban J connectivity index is 1.59. The van der Waals surface area contributed by atoms with Crippen LogP contribution in [0.4, 0.5) is 0 Å². The molecule has 3 rings (SSSR count). The van der Waals surface area contributed by atoms with Crippen LogP contribution in [0, 0.1) is 5.92 Å². The number of hydrogen-bond acceptors (Lipinski definition) is 5. The smallest absolute Gasteiger partial charge is 0.308 e. The molecule has 7 heteroatoms. The van der Waals surface area contributed by atoms with Gasteiger partial charge >= 0.3 is 5.97 Å². The molecule has 0 aliphatic carbocycles. The highest BCUT2D eigenvalue weighted by atomic mass is 16.5. The Kier molecular flexibility index (Phi) is 7.27. The minimum Gasteiger partial charge on any atom is -0.463 e. The largest absolute Gasteiger partial charge is 0.463 e. The molecule has 2 heterocycles. The van der Waals surface area contributed by atoms with Crippen LogP contribution in [0.3, 0.4) is 0 Å². The van der Waals surface area contributed by atoms with Crippen molar-refractivity contribution in [1.82, 2.24) is 10.2 Å². The number of benzene rings is 1. The molecule has 1 atom stereocenters. The van der Waals surface area contributed by atoms with Crippen LogP contribution < -0.4 is 5.32 Å². The fourth-order valence-electron chi connectivity index (χ4n) is 3.61. The van der Waals surface area contributed by atoms with Gasteiger partial charge in [-0.1, -0.05) is 30.3 Å². The number of carbonyl (C=O) groups is 3. The van der Waals surface area contributed by atoms with Gasteiger partial charge in [0.25, 0.3) is 5.91 Å². The van der Waals surface area contributed by atoms with Crippen molar-refractivity contribution in [2.24, 2.45) is 5.92 Å². The maximum Gasteiger partial charge on any atom is 0.308 e. The lowest BCUT2D eigenvalue weighted by atomic mass is 9.94. The van der Waals surface area contributed by atoms with Crippen molar-refractivity contribution in [3.8, 4) is 0 Å². The average molecular weight is 412 g/mol. The van der Waals surface area contributed by atoms with E-state index in [-0.39, 0.29) is 36.2 Å². The second-order valence-electron chi connectivity index (χ2n) is 7.76. The maximum absolute atomic E-state index is 12.9. The summed E-state index contributed by atoms with van der Waals surface area (Å²) in [6, 6.07) is 12.3. The van der Waals surface area contributed by atoms with E-state index in [1.54, 1.807) is 30.9 Å². The minimum absolute atomic E-state index is 0.0732. The standard InChI is InChI=1S/C23H28N2O5/c1-16(2)30-21(26)15-19(17-7-4-3-5-8-17)24-22(27)18-10-12-25(13-11-18)23(28)20-9-6-14-29-20/h3-9,14,16,18-19H,10-13,15H2,1-2H3,(H,24,27). The molecular formula is C23H28N2O5. The Hall–Kier alpha value is -3.09. The molecule has 30 heavy (non-hydrogen) atoms. The maximum atomic E-state index is 12.9. The Morgan fingerprint density at radius 1 is 1.10 bits per heavy atom. The molecule has 0 spiro atoms. The molecule has 7 nitrogen and oxygen atoms in total. The molecule has 1 unspecified atom stereocenters. The fourth-order valence-corrected chi connectivity index (χ4v) is 3.61. The van der Waals surface area contributed by atoms with E-state index in [2.05, 4.69) is 5.32 Å². The zero-order valence-electron chi connectivity index (χ0n) is 17.4. The van der Waals surface area contributed by atoms with Gasteiger partial charge in [0.15, 0.2) is 5.76 Å². The van der Waals surface area contributed by atoms with Crippen molar-refractivity contribution in [3.63, 3.8) is 0 Å². The zero-order valence-corrected chi connectivity index (χ0v) is 17.4. The second-order valence-corrected chi connectivity index (χ2v) is 7.76. The molecule has 160 valence electrons. The van der Waals surface area contributed by atoms with E-state index in [9.17, 15) is 14.4 Å². The highest BCUT2D eigenvalue weighted by Gasteiger charge is 2.30. The number of piperidine rings is 1. The lowest BCUT2D eigenvalue weighted by molar-refractivity contribution is -0.148. The number of nitrogens with zero attached hydrogens (tertiary/aromatic N) is 1. The molecule has 0 bridgehead atoms. The van der Waals surface area contributed by atoms with E-state index < -0.39 is 6.04 Å². The Morgan fingerprint density at radius 3 is 2.40 bits per heavy atom. The van der Waals surface area contributed by atoms with Crippen molar-refractivity contribution in [1.29, 1.82) is 0 Å². The van der Waals surface area contributed by atoms with E-state index in [1.165, 1.54) is 6.26 Å². The third-order valence-electron chi connectivity index (χ3n) is 5.14. The Bertz CT molecular complexity index is 840. The van der Waals surface area contributed by atoms with Crippen LogP contribution in [0.5, 0.6) is 0 Å². The monoisotopic (exact) mass is 412 g/mol. The number of ether oxygens (including phenoxy) is 1. The molecule has 2 aromatic rings. The highest BCUT2D eigenvalue weighted by Crippen LogP contribution is 2.23. The first-order valence-electron chi connectivity index (χ1n) is 10.3. The van der Waals surface area contributed by atoms with Crippen molar-refractivity contribution < 1.29 is 23.5 Å². The van der Waals surface area contributed by atoms with Gasteiger partial charge in [0.05, 0.1) is 24.8 Å². The molecule has 1 saturated heterocycles. The van der Waals surface area contributed by atoms with Crippen LogP contribution in [-0.2, 0) is 14.3 Å². The lowest BCUT2D eigenvalue weighted by Crippen LogP contribution is -2.44. The van der Waals surface area contributed by atoms with Crippen molar-refractivity contribution in [3.05, 3.63) is 60.1 Å². The van der Waals surface area contributed by atoms with Crippen LogP contribution >= 0.6 is 0 Å². The molecule has 1 aliphatic rings. The minimum atomic E-state index is -0.451. The highest BCUT2D eigenvalue weighted by molar-refractivity contribution is 5.91. The number of rotatable bonds is 7. The number of nitrogens with one attached hydrogen (secondary N) is 1. The van der Waals surface area contributed by atoms with Crippen LogP contribution in [0.1, 0.15) is 55.3 Å². The summed E-state index contributed by atoms with van der Waals surface area (Å²) in [4.78, 5) is 39.2. The molecule has 0 saturated carbocycles. The normalized spacial score (nSPS) is 15.6. The quantitative estimate of drug-likeness (QED) is 0.705. The summed E-state index contributed by atoms with van der Waals surface area (Å²) in [5.41, 5.74) is 0.858. The van der Waals surface area contributed by atoms with Gasteiger partial charge in [-0.2, -0.15) is 0 Å². The van der Waals surface area contributed by atoms with Crippen LogP contribution in [0.25, 0.3) is 0 Å². The predicted octanol–water partition coefficient (Wildman–Crippen LogP) is 3.33. The summed E-state index contributed by atoms with van der Waals surface area (Å²) in [6.45, 7) is 4.57. The van der Waals surface area contributed by atoms with Crippen molar-refractivity contribution >= 4 is 17.8 Å². The molecule has 0 radical (unpaired) electrons. The van der Waals surface area contributed by atoms with Gasteiger partial charge in [0, 0.05) is 19.0 Å². The van der Waals surface area contributed by atoms with E-state index >= 15 is 0 Å². The van der Waals surface area contributed by atoms with Gasteiger partial charge in [0.1, 0.15) is 0 Å². The fraction of sp³-hybridized carbons (Fsp3) is 0.435. The first-order valence-corrected chi connectivity index (χ1v) is 10.3. The molecule has 1 fully saturated rings. The summed E-state index contributed by atoms with van der Waals surface area (Å²) in [6.07, 6.45) is 2.47. The summed E-state index contributed by atoms with van der Waals surface area (Å²) in [5.74, 6) is -0.509. The zero-order chi connectivity index (χ0) is 21.5. The second kappa shape index (κ2) is 10.1. The first-order chi connectivity index (χ1) is 14.4. The number of hydrogen-bond donors (Lipinski definition) is 1. The number of furan rings is 1. The van der Waals surface area contributed by atoms with Crippen LogP contribution in [0.15, 0.2) is 53.1 Å².